The van der Waals surface area contributed by atoms with Crippen molar-refractivity contribution in [3.05, 3.63) is 39.3 Å². The molecule has 0 saturated heterocycles. The first kappa shape index (κ1) is 20.3. The number of nitrogens with one attached hydrogen (secondary N) is 2. The van der Waals surface area contributed by atoms with Crippen LogP contribution in [-0.2, 0) is 11.2 Å². The average molecular weight is 395 g/mol. The average Bonchev–Trinajstić information content (AvgIpc) is 3.03. The van der Waals surface area contributed by atoms with Gasteiger partial charge in [0.15, 0.2) is 0 Å². The zero-order valence-corrected chi connectivity index (χ0v) is 16.5. The van der Waals surface area contributed by atoms with E-state index in [9.17, 15) is 9.59 Å². The van der Waals surface area contributed by atoms with Gasteiger partial charge in [0.05, 0.1) is 0 Å². The molecule has 0 unspecified atom stereocenters. The number of benzene rings is 1. The lowest BCUT2D eigenvalue weighted by atomic mass is 10.1. The van der Waals surface area contributed by atoms with E-state index in [4.69, 9.17) is 11.6 Å². The topological polar surface area (TPSA) is 84.0 Å². The number of rotatable bonds is 9. The molecule has 6 nitrogen and oxygen atoms in total. The molecule has 1 aromatic carbocycles. The number of carbonyl (C=O) groups is 2. The molecule has 1 aromatic heterocycles. The van der Waals surface area contributed by atoms with E-state index in [1.807, 2.05) is 0 Å². The second kappa shape index (κ2) is 10.2. The Morgan fingerprint density at radius 3 is 2.81 bits per heavy atom. The fourth-order valence-electron chi connectivity index (χ4n) is 2.19. The summed E-state index contributed by atoms with van der Waals surface area (Å²) in [4.78, 5) is 23.9. The fourth-order valence-corrected chi connectivity index (χ4v) is 3.15. The van der Waals surface area contributed by atoms with Crippen LogP contribution < -0.4 is 10.6 Å². The zero-order chi connectivity index (χ0) is 18.9. The van der Waals surface area contributed by atoms with Gasteiger partial charge in [-0.3, -0.25) is 9.59 Å². The molecule has 2 amide bonds. The van der Waals surface area contributed by atoms with E-state index in [2.05, 4.69) is 34.7 Å². The summed E-state index contributed by atoms with van der Waals surface area (Å²) >= 11 is 7.14. The lowest BCUT2D eigenvalue weighted by Gasteiger charge is -2.06. The number of hydrogen-bond acceptors (Lipinski definition) is 5. The van der Waals surface area contributed by atoms with Crippen LogP contribution in [0.15, 0.2) is 24.3 Å². The van der Waals surface area contributed by atoms with Gasteiger partial charge < -0.3 is 10.6 Å². The van der Waals surface area contributed by atoms with Crippen molar-refractivity contribution < 1.29 is 9.59 Å². The van der Waals surface area contributed by atoms with Gasteiger partial charge in [-0.15, -0.1) is 10.2 Å². The van der Waals surface area contributed by atoms with Crippen molar-refractivity contribution in [2.45, 2.75) is 39.5 Å². The molecule has 1 heterocycles. The van der Waals surface area contributed by atoms with Crippen molar-refractivity contribution in [3.8, 4) is 0 Å². The number of amides is 2. The number of halogens is 1. The Morgan fingerprint density at radius 1 is 1.27 bits per heavy atom. The van der Waals surface area contributed by atoms with Gasteiger partial charge in [-0.1, -0.05) is 42.9 Å². The maximum atomic E-state index is 12.2. The smallest absolute Gasteiger partial charge is 0.286 e. The second-order valence-corrected chi connectivity index (χ2v) is 7.85. The van der Waals surface area contributed by atoms with Gasteiger partial charge in [-0.25, -0.2) is 0 Å². The first-order valence-electron chi connectivity index (χ1n) is 8.60. The molecular weight excluding hydrogens is 372 g/mol. The van der Waals surface area contributed by atoms with E-state index in [0.717, 1.165) is 11.4 Å². The highest BCUT2D eigenvalue weighted by Gasteiger charge is 2.13. The number of carbonyl (C=O) groups excluding carboxylic acids is 2. The van der Waals surface area contributed by atoms with Crippen LogP contribution in [0.4, 0.5) is 5.69 Å². The van der Waals surface area contributed by atoms with Crippen molar-refractivity contribution in [3.63, 3.8) is 0 Å². The Bertz CT molecular complexity index is 748. The van der Waals surface area contributed by atoms with Crippen LogP contribution in [0.5, 0.6) is 0 Å². The standard InChI is InChI=1S/C18H23ClN4O2S/c1-12(2)9-10-20-15(24)7-4-8-16-22-23-18(26-16)17(25)21-14-6-3-5-13(19)11-14/h3,5-6,11-12H,4,7-10H2,1-2H3,(H,20,24)(H,21,25). The van der Waals surface area contributed by atoms with Gasteiger partial charge in [0, 0.05) is 30.1 Å². The monoisotopic (exact) mass is 394 g/mol. The molecule has 0 radical (unpaired) electrons. The van der Waals surface area contributed by atoms with Gasteiger partial charge in [0.1, 0.15) is 5.01 Å². The van der Waals surface area contributed by atoms with Crippen molar-refractivity contribution in [1.29, 1.82) is 0 Å². The first-order chi connectivity index (χ1) is 12.4. The minimum absolute atomic E-state index is 0.0501. The van der Waals surface area contributed by atoms with Crippen LogP contribution in [0, 0.1) is 5.92 Å². The predicted octanol–water partition coefficient (Wildman–Crippen LogP) is 3.93. The summed E-state index contributed by atoms with van der Waals surface area (Å²) in [5.74, 6) is 0.310. The van der Waals surface area contributed by atoms with Crippen molar-refractivity contribution >= 4 is 40.4 Å². The van der Waals surface area contributed by atoms with Crippen LogP contribution in [0.3, 0.4) is 0 Å². The summed E-state index contributed by atoms with van der Waals surface area (Å²) in [6.45, 7) is 4.96. The number of nitrogens with zero attached hydrogens (tertiary/aromatic N) is 2. The van der Waals surface area contributed by atoms with Gasteiger partial charge in [-0.2, -0.15) is 0 Å². The van der Waals surface area contributed by atoms with Gasteiger partial charge >= 0.3 is 0 Å². The van der Waals surface area contributed by atoms with Crippen molar-refractivity contribution in [2.24, 2.45) is 5.92 Å². The molecule has 0 saturated carbocycles. The molecule has 0 aliphatic heterocycles. The Kier molecular flexibility index (Phi) is 8.00. The maximum Gasteiger partial charge on any atom is 0.286 e. The lowest BCUT2D eigenvalue weighted by Crippen LogP contribution is -2.25. The molecule has 8 heteroatoms. The molecule has 0 aliphatic carbocycles. The van der Waals surface area contributed by atoms with E-state index >= 15 is 0 Å². The normalized spacial score (nSPS) is 10.8. The van der Waals surface area contributed by atoms with E-state index in [1.165, 1.54) is 11.3 Å². The summed E-state index contributed by atoms with van der Waals surface area (Å²) in [6.07, 6.45) is 2.73. The molecule has 2 N–H and O–H groups in total. The summed E-state index contributed by atoms with van der Waals surface area (Å²) in [5, 5.41) is 15.2. The Morgan fingerprint density at radius 2 is 2.08 bits per heavy atom. The molecule has 26 heavy (non-hydrogen) atoms. The third kappa shape index (κ3) is 7.09. The van der Waals surface area contributed by atoms with Gasteiger partial charge in [0.25, 0.3) is 5.91 Å². The number of anilines is 1. The fraction of sp³-hybridized carbons (Fsp3) is 0.444. The third-order valence-electron chi connectivity index (χ3n) is 3.58. The summed E-state index contributed by atoms with van der Waals surface area (Å²) < 4.78 is 0. The maximum absolute atomic E-state index is 12.2. The van der Waals surface area contributed by atoms with E-state index in [1.54, 1.807) is 24.3 Å². The lowest BCUT2D eigenvalue weighted by molar-refractivity contribution is -0.121. The molecule has 0 aliphatic rings. The molecule has 0 atom stereocenters. The highest BCUT2D eigenvalue weighted by atomic mass is 35.5. The highest BCUT2D eigenvalue weighted by molar-refractivity contribution is 7.13. The van der Waals surface area contributed by atoms with E-state index in [-0.39, 0.29) is 11.8 Å². The quantitative estimate of drug-likeness (QED) is 0.674. The number of aromatic nitrogens is 2. The largest absolute Gasteiger partial charge is 0.356 e. The molecule has 2 aromatic rings. The van der Waals surface area contributed by atoms with Crippen LogP contribution in [-0.4, -0.2) is 28.6 Å². The molecule has 0 spiro atoms. The minimum atomic E-state index is -0.317. The molecule has 140 valence electrons. The second-order valence-electron chi connectivity index (χ2n) is 6.35. The SMILES string of the molecule is CC(C)CCNC(=O)CCCc1nnc(C(=O)Nc2cccc(Cl)c2)s1. The van der Waals surface area contributed by atoms with Crippen molar-refractivity contribution in [2.75, 3.05) is 11.9 Å². The number of hydrogen-bond donors (Lipinski definition) is 2. The summed E-state index contributed by atoms with van der Waals surface area (Å²) in [7, 11) is 0. The summed E-state index contributed by atoms with van der Waals surface area (Å²) in [5.41, 5.74) is 0.609. The minimum Gasteiger partial charge on any atom is -0.356 e. The Hall–Kier alpha value is -1.99. The van der Waals surface area contributed by atoms with Crippen molar-refractivity contribution in [1.82, 2.24) is 15.5 Å². The van der Waals surface area contributed by atoms with Gasteiger partial charge in [-0.05, 0) is 37.0 Å². The molecule has 0 bridgehead atoms. The van der Waals surface area contributed by atoms with Gasteiger partial charge in [0.2, 0.25) is 10.9 Å². The van der Waals surface area contributed by atoms with Crippen LogP contribution in [0.2, 0.25) is 5.02 Å². The zero-order valence-electron chi connectivity index (χ0n) is 14.9. The molecule has 2 rings (SSSR count). The Labute approximate surface area is 162 Å². The first-order valence-corrected chi connectivity index (χ1v) is 9.79. The molecular formula is C18H23ClN4O2S. The van der Waals surface area contributed by atoms with Crippen LogP contribution >= 0.6 is 22.9 Å². The highest BCUT2D eigenvalue weighted by Crippen LogP contribution is 2.18. The van der Waals surface area contributed by atoms with Crippen LogP contribution in [0.25, 0.3) is 0 Å². The predicted molar refractivity (Wildman–Crippen MR) is 105 cm³/mol. The number of aryl methyl sites for hydroxylation is 1. The molecule has 0 fully saturated rings. The third-order valence-corrected chi connectivity index (χ3v) is 4.80. The van der Waals surface area contributed by atoms with Crippen LogP contribution in [0.1, 0.15) is 47.9 Å². The Balaban J connectivity index is 1.75. The van der Waals surface area contributed by atoms with E-state index in [0.29, 0.717) is 47.4 Å². The summed E-state index contributed by atoms with van der Waals surface area (Å²) in [6, 6.07) is 6.91. The van der Waals surface area contributed by atoms with E-state index < -0.39 is 0 Å².